The zero-order valence-corrected chi connectivity index (χ0v) is 10.2. The molecule has 2 aromatic heterocycles. The third-order valence-electron chi connectivity index (χ3n) is 2.22. The van der Waals surface area contributed by atoms with E-state index in [0.29, 0.717) is 5.82 Å². The molecule has 0 spiro atoms. The molecule has 4 nitrogen and oxygen atoms in total. The molecule has 0 saturated heterocycles. The van der Waals surface area contributed by atoms with Gasteiger partial charge in [-0.25, -0.2) is 9.78 Å². The highest BCUT2D eigenvalue weighted by Gasteiger charge is 2.10. The highest BCUT2D eigenvalue weighted by atomic mass is 32.1. The van der Waals surface area contributed by atoms with Crippen LogP contribution >= 0.6 is 11.3 Å². The molecule has 2 heterocycles. The monoisotopic (exact) mass is 247 g/mol. The molecule has 0 fully saturated rings. The average Bonchev–Trinajstić information content (AvgIpc) is 2.83. The Morgan fingerprint density at radius 3 is 2.88 bits per heavy atom. The van der Waals surface area contributed by atoms with Crippen LogP contribution in [0.1, 0.15) is 17.8 Å². The summed E-state index contributed by atoms with van der Waals surface area (Å²) in [7, 11) is 0. The lowest BCUT2D eigenvalue weighted by atomic mass is 10.3. The lowest BCUT2D eigenvalue weighted by Crippen LogP contribution is -2.31. The molecular weight excluding hydrogens is 234 g/mol. The molecule has 17 heavy (non-hydrogen) atoms. The van der Waals surface area contributed by atoms with E-state index in [1.54, 1.807) is 29.7 Å². The molecule has 2 aromatic rings. The van der Waals surface area contributed by atoms with Gasteiger partial charge < -0.3 is 5.32 Å². The minimum Gasteiger partial charge on any atom is -0.330 e. The van der Waals surface area contributed by atoms with E-state index >= 15 is 0 Å². The molecular formula is C12H13N3OS. The molecule has 0 aliphatic heterocycles. The van der Waals surface area contributed by atoms with Crippen molar-refractivity contribution in [1.82, 2.24) is 10.3 Å². The number of amides is 2. The standard InChI is InChI=1S/C12H13N3OS/c1-9(10-5-4-8-17-10)14-12(16)15-11-6-2-3-7-13-11/h2-9H,1H3,(H2,13,14,15,16). The first-order valence-corrected chi connectivity index (χ1v) is 6.15. The molecule has 88 valence electrons. The Labute approximate surface area is 104 Å². The summed E-state index contributed by atoms with van der Waals surface area (Å²) in [6.45, 7) is 1.95. The van der Waals surface area contributed by atoms with Crippen LogP contribution in [0.25, 0.3) is 0 Å². The van der Waals surface area contributed by atoms with Crippen LogP contribution in [0.5, 0.6) is 0 Å². The normalized spacial score (nSPS) is 11.8. The summed E-state index contributed by atoms with van der Waals surface area (Å²) in [5, 5.41) is 7.52. The number of hydrogen-bond donors (Lipinski definition) is 2. The molecule has 1 unspecified atom stereocenters. The molecule has 0 bridgehead atoms. The number of nitrogens with zero attached hydrogens (tertiary/aromatic N) is 1. The van der Waals surface area contributed by atoms with E-state index in [0.717, 1.165) is 4.88 Å². The fourth-order valence-corrected chi connectivity index (χ4v) is 2.13. The van der Waals surface area contributed by atoms with Crippen molar-refractivity contribution in [1.29, 1.82) is 0 Å². The second kappa shape index (κ2) is 5.45. The third kappa shape index (κ3) is 3.29. The Morgan fingerprint density at radius 2 is 2.24 bits per heavy atom. The first kappa shape index (κ1) is 11.6. The maximum Gasteiger partial charge on any atom is 0.320 e. The zero-order chi connectivity index (χ0) is 12.1. The fourth-order valence-electron chi connectivity index (χ4n) is 1.39. The SMILES string of the molecule is CC(NC(=O)Nc1ccccn1)c1cccs1. The Balaban J connectivity index is 1.90. The van der Waals surface area contributed by atoms with Crippen molar-refractivity contribution in [3.05, 3.63) is 46.8 Å². The first-order valence-electron chi connectivity index (χ1n) is 5.27. The van der Waals surface area contributed by atoms with Crippen LogP contribution in [-0.2, 0) is 0 Å². The maximum atomic E-state index is 11.7. The molecule has 2 N–H and O–H groups in total. The number of anilines is 1. The summed E-state index contributed by atoms with van der Waals surface area (Å²) in [5.41, 5.74) is 0. The van der Waals surface area contributed by atoms with Gasteiger partial charge in [0.1, 0.15) is 5.82 Å². The van der Waals surface area contributed by atoms with E-state index in [4.69, 9.17) is 0 Å². The number of pyridine rings is 1. The van der Waals surface area contributed by atoms with Crippen molar-refractivity contribution in [3.8, 4) is 0 Å². The number of nitrogens with one attached hydrogen (secondary N) is 2. The smallest absolute Gasteiger partial charge is 0.320 e. The van der Waals surface area contributed by atoms with Crippen LogP contribution in [0, 0.1) is 0 Å². The lowest BCUT2D eigenvalue weighted by molar-refractivity contribution is 0.249. The molecule has 0 radical (unpaired) electrons. The van der Waals surface area contributed by atoms with Crippen LogP contribution in [0.15, 0.2) is 41.9 Å². The van der Waals surface area contributed by atoms with Gasteiger partial charge in [0.2, 0.25) is 0 Å². The molecule has 0 saturated carbocycles. The summed E-state index contributed by atoms with van der Waals surface area (Å²) in [5.74, 6) is 0.545. The number of urea groups is 1. The summed E-state index contributed by atoms with van der Waals surface area (Å²) in [6, 6.07) is 9.09. The van der Waals surface area contributed by atoms with E-state index in [9.17, 15) is 4.79 Å². The largest absolute Gasteiger partial charge is 0.330 e. The summed E-state index contributed by atoms with van der Waals surface area (Å²) in [6.07, 6.45) is 1.64. The molecule has 0 aromatic carbocycles. The highest BCUT2D eigenvalue weighted by molar-refractivity contribution is 7.10. The summed E-state index contributed by atoms with van der Waals surface area (Å²) < 4.78 is 0. The van der Waals surface area contributed by atoms with Crippen molar-refractivity contribution in [2.24, 2.45) is 0 Å². The number of hydrogen-bond acceptors (Lipinski definition) is 3. The topological polar surface area (TPSA) is 54.0 Å². The number of rotatable bonds is 3. The van der Waals surface area contributed by atoms with Crippen molar-refractivity contribution in [2.45, 2.75) is 13.0 Å². The third-order valence-corrected chi connectivity index (χ3v) is 3.28. The van der Waals surface area contributed by atoms with Gasteiger partial charge in [0.15, 0.2) is 0 Å². The predicted octanol–water partition coefficient (Wildman–Crippen LogP) is 3.03. The number of carbonyl (C=O) groups excluding carboxylic acids is 1. The molecule has 0 aliphatic rings. The Hall–Kier alpha value is -1.88. The molecule has 5 heteroatoms. The summed E-state index contributed by atoms with van der Waals surface area (Å²) in [4.78, 5) is 16.8. The predicted molar refractivity (Wildman–Crippen MR) is 69.1 cm³/mol. The highest BCUT2D eigenvalue weighted by Crippen LogP contribution is 2.17. The lowest BCUT2D eigenvalue weighted by Gasteiger charge is -2.12. The number of aromatic nitrogens is 1. The Kier molecular flexibility index (Phi) is 3.72. The second-order valence-electron chi connectivity index (χ2n) is 3.55. The average molecular weight is 247 g/mol. The minimum atomic E-state index is -0.246. The van der Waals surface area contributed by atoms with E-state index in [1.165, 1.54) is 0 Å². The van der Waals surface area contributed by atoms with Gasteiger partial charge in [-0.3, -0.25) is 5.32 Å². The number of thiophene rings is 1. The van der Waals surface area contributed by atoms with Crippen molar-refractivity contribution in [3.63, 3.8) is 0 Å². The van der Waals surface area contributed by atoms with Crippen LogP contribution in [0.2, 0.25) is 0 Å². The Morgan fingerprint density at radius 1 is 1.35 bits per heavy atom. The van der Waals surface area contributed by atoms with Crippen LogP contribution in [-0.4, -0.2) is 11.0 Å². The van der Waals surface area contributed by atoms with E-state index < -0.39 is 0 Å². The van der Waals surface area contributed by atoms with Crippen molar-refractivity contribution >= 4 is 23.2 Å². The first-order chi connectivity index (χ1) is 8.25. The van der Waals surface area contributed by atoms with Crippen LogP contribution in [0.4, 0.5) is 10.6 Å². The van der Waals surface area contributed by atoms with Gasteiger partial charge >= 0.3 is 6.03 Å². The summed E-state index contributed by atoms with van der Waals surface area (Å²) >= 11 is 1.62. The molecule has 1 atom stereocenters. The van der Waals surface area contributed by atoms with E-state index in [2.05, 4.69) is 15.6 Å². The second-order valence-corrected chi connectivity index (χ2v) is 4.53. The van der Waals surface area contributed by atoms with Gasteiger partial charge in [0.25, 0.3) is 0 Å². The van der Waals surface area contributed by atoms with Crippen LogP contribution in [0.3, 0.4) is 0 Å². The maximum absolute atomic E-state index is 11.7. The Bertz CT molecular complexity index is 470. The number of carbonyl (C=O) groups is 1. The molecule has 2 amide bonds. The van der Waals surface area contributed by atoms with Crippen molar-refractivity contribution in [2.75, 3.05) is 5.32 Å². The zero-order valence-electron chi connectivity index (χ0n) is 9.38. The van der Waals surface area contributed by atoms with Crippen LogP contribution < -0.4 is 10.6 Å². The van der Waals surface area contributed by atoms with E-state index in [1.807, 2.05) is 30.5 Å². The quantitative estimate of drug-likeness (QED) is 0.876. The van der Waals surface area contributed by atoms with Gasteiger partial charge in [-0.05, 0) is 30.5 Å². The minimum absolute atomic E-state index is 0.00119. The van der Waals surface area contributed by atoms with Gasteiger partial charge in [-0.15, -0.1) is 11.3 Å². The van der Waals surface area contributed by atoms with Crippen molar-refractivity contribution < 1.29 is 4.79 Å². The van der Waals surface area contributed by atoms with E-state index in [-0.39, 0.29) is 12.1 Å². The van der Waals surface area contributed by atoms with Gasteiger partial charge in [-0.1, -0.05) is 12.1 Å². The van der Waals surface area contributed by atoms with Gasteiger partial charge in [0.05, 0.1) is 6.04 Å². The van der Waals surface area contributed by atoms with Gasteiger partial charge in [0, 0.05) is 11.1 Å². The molecule has 0 aliphatic carbocycles. The van der Waals surface area contributed by atoms with Gasteiger partial charge in [-0.2, -0.15) is 0 Å². The fraction of sp³-hybridized carbons (Fsp3) is 0.167. The molecule has 2 rings (SSSR count).